The van der Waals surface area contributed by atoms with Gasteiger partial charge in [0.15, 0.2) is 0 Å². The maximum Gasteiger partial charge on any atom is -0.00194 e. The molecule has 0 aromatic heterocycles. The average molecular weight is 216 g/mol. The maximum absolute atomic E-state index is 2.33. The van der Waals surface area contributed by atoms with Gasteiger partial charge in [0.2, 0.25) is 0 Å². The van der Waals surface area contributed by atoms with Crippen molar-refractivity contribution in [3.8, 4) is 0 Å². The third-order valence-electron chi connectivity index (χ3n) is 3.65. The topological polar surface area (TPSA) is 0 Å². The van der Waals surface area contributed by atoms with Gasteiger partial charge in [-0.15, -0.1) is 0 Å². The van der Waals surface area contributed by atoms with E-state index in [-0.39, 0.29) is 0 Å². The van der Waals surface area contributed by atoms with Crippen LogP contribution in [0.3, 0.4) is 0 Å². The zero-order valence-electron chi connectivity index (χ0n) is 9.48. The van der Waals surface area contributed by atoms with Crippen molar-refractivity contribution >= 4 is 16.3 Å². The van der Waals surface area contributed by atoms with Crippen LogP contribution >= 0.6 is 0 Å². The van der Waals surface area contributed by atoms with Gasteiger partial charge in [0.1, 0.15) is 0 Å². The fraction of sp³-hybridized carbons (Fsp3) is 0.0588. The molecule has 0 heterocycles. The van der Waals surface area contributed by atoms with E-state index < -0.39 is 0 Å². The number of rotatable bonds is 1. The second kappa shape index (κ2) is 3.21. The minimum Gasteiger partial charge on any atom is -0.0616 e. The molecule has 4 rings (SSSR count). The molecule has 0 radical (unpaired) electrons. The Hall–Kier alpha value is -2.08. The van der Waals surface area contributed by atoms with Gasteiger partial charge >= 0.3 is 0 Å². The third-order valence-corrected chi connectivity index (χ3v) is 3.65. The molecular formula is C17H12. The average Bonchev–Trinajstić information content (AvgIpc) is 3.00. The Bertz CT molecular complexity index is 706. The van der Waals surface area contributed by atoms with Gasteiger partial charge in [-0.3, -0.25) is 0 Å². The molecule has 17 heavy (non-hydrogen) atoms. The summed E-state index contributed by atoms with van der Waals surface area (Å²) in [6, 6.07) is 15.2. The zero-order chi connectivity index (χ0) is 11.2. The number of allylic oxidation sites excluding steroid dienone is 6. The van der Waals surface area contributed by atoms with E-state index in [1.807, 2.05) is 0 Å². The van der Waals surface area contributed by atoms with Crippen molar-refractivity contribution in [3.63, 3.8) is 0 Å². The van der Waals surface area contributed by atoms with Crippen LogP contribution in [-0.4, -0.2) is 0 Å². The first-order chi connectivity index (χ1) is 8.42. The van der Waals surface area contributed by atoms with E-state index in [9.17, 15) is 0 Å². The minimum atomic E-state index is 1.12. The summed E-state index contributed by atoms with van der Waals surface area (Å²) in [5.41, 5.74) is 5.70. The zero-order valence-corrected chi connectivity index (χ0v) is 9.48. The van der Waals surface area contributed by atoms with Crippen molar-refractivity contribution in [3.05, 3.63) is 77.4 Å². The van der Waals surface area contributed by atoms with Gasteiger partial charge in [0.05, 0.1) is 0 Å². The maximum atomic E-state index is 2.33. The van der Waals surface area contributed by atoms with Crippen molar-refractivity contribution in [2.24, 2.45) is 0 Å². The van der Waals surface area contributed by atoms with Gasteiger partial charge in [0, 0.05) is 0 Å². The lowest BCUT2D eigenvalue weighted by Crippen LogP contribution is -1.86. The molecule has 0 unspecified atom stereocenters. The molecule has 2 bridgehead atoms. The lowest BCUT2D eigenvalue weighted by Gasteiger charge is -2.08. The van der Waals surface area contributed by atoms with E-state index in [0.717, 1.165) is 6.42 Å². The lowest BCUT2D eigenvalue weighted by atomic mass is 9.96. The van der Waals surface area contributed by atoms with Crippen LogP contribution < -0.4 is 0 Å². The number of benzene rings is 2. The summed E-state index contributed by atoms with van der Waals surface area (Å²) in [4.78, 5) is 0. The van der Waals surface area contributed by atoms with Gasteiger partial charge in [-0.25, -0.2) is 0 Å². The Morgan fingerprint density at radius 2 is 1.71 bits per heavy atom. The summed E-state index contributed by atoms with van der Waals surface area (Å²) in [5, 5.41) is 2.68. The summed E-state index contributed by atoms with van der Waals surface area (Å²) in [7, 11) is 0. The monoisotopic (exact) mass is 216 g/mol. The molecule has 0 atom stereocenters. The smallest absolute Gasteiger partial charge is 0.00194 e. The largest absolute Gasteiger partial charge is 0.0616 e. The molecule has 2 aliphatic carbocycles. The second-order valence-electron chi connectivity index (χ2n) is 4.69. The van der Waals surface area contributed by atoms with Crippen LogP contribution in [0.1, 0.15) is 12.0 Å². The van der Waals surface area contributed by atoms with Crippen LogP contribution in [0.5, 0.6) is 0 Å². The molecule has 0 amide bonds. The first-order valence-electron chi connectivity index (χ1n) is 6.02. The minimum absolute atomic E-state index is 1.12. The van der Waals surface area contributed by atoms with Crippen molar-refractivity contribution in [2.45, 2.75) is 6.42 Å². The molecular weight excluding hydrogens is 204 g/mol. The standard InChI is InChI=1S/C17H12/c1-2-6-15-13(4-1)5-3-7-16(15)17-11-12-8-9-14(17)10-12/h1-9,11H,10H2. The Balaban J connectivity index is 2.05. The molecule has 0 saturated carbocycles. The van der Waals surface area contributed by atoms with Crippen molar-refractivity contribution in [1.29, 1.82) is 0 Å². The molecule has 0 nitrogen and oxygen atoms in total. The summed E-state index contributed by atoms with van der Waals surface area (Å²) in [6.45, 7) is 0. The predicted octanol–water partition coefficient (Wildman–Crippen LogP) is 4.49. The predicted molar refractivity (Wildman–Crippen MR) is 72.7 cm³/mol. The van der Waals surface area contributed by atoms with E-state index in [0.29, 0.717) is 0 Å². The van der Waals surface area contributed by atoms with Gasteiger partial charge in [0.25, 0.3) is 0 Å². The molecule has 0 saturated heterocycles. The van der Waals surface area contributed by atoms with Crippen molar-refractivity contribution in [2.75, 3.05) is 0 Å². The highest BCUT2D eigenvalue weighted by Gasteiger charge is 2.19. The van der Waals surface area contributed by atoms with Gasteiger partial charge in [-0.05, 0) is 39.5 Å². The van der Waals surface area contributed by atoms with Crippen molar-refractivity contribution < 1.29 is 0 Å². The van der Waals surface area contributed by atoms with E-state index in [4.69, 9.17) is 0 Å². The van der Waals surface area contributed by atoms with Crippen LogP contribution in [0.4, 0.5) is 0 Å². The molecule has 2 aliphatic rings. The SMILES string of the molecule is C1=CC2=C(c3cccc4ccccc34)C=C1C2. The van der Waals surface area contributed by atoms with Crippen molar-refractivity contribution in [1.82, 2.24) is 0 Å². The molecule has 0 spiro atoms. The highest BCUT2D eigenvalue weighted by atomic mass is 14.2. The van der Waals surface area contributed by atoms with Crippen LogP contribution in [0, 0.1) is 0 Å². The van der Waals surface area contributed by atoms with Gasteiger partial charge < -0.3 is 0 Å². The first kappa shape index (κ1) is 9.00. The molecule has 0 fully saturated rings. The van der Waals surface area contributed by atoms with Gasteiger partial charge in [-0.1, -0.05) is 60.7 Å². The van der Waals surface area contributed by atoms with Crippen LogP contribution in [0.25, 0.3) is 16.3 Å². The fourth-order valence-corrected chi connectivity index (χ4v) is 2.82. The Morgan fingerprint density at radius 3 is 2.53 bits per heavy atom. The Labute approximate surface area is 101 Å². The fourth-order valence-electron chi connectivity index (χ4n) is 2.82. The van der Waals surface area contributed by atoms with E-state index >= 15 is 0 Å². The second-order valence-corrected chi connectivity index (χ2v) is 4.69. The summed E-state index contributed by atoms with van der Waals surface area (Å²) < 4.78 is 0. The van der Waals surface area contributed by atoms with Gasteiger partial charge in [-0.2, -0.15) is 0 Å². The van der Waals surface area contributed by atoms with Crippen LogP contribution in [0.15, 0.2) is 71.8 Å². The third kappa shape index (κ3) is 1.24. The highest BCUT2D eigenvalue weighted by Crippen LogP contribution is 2.40. The summed E-state index contributed by atoms with van der Waals surface area (Å²) >= 11 is 0. The molecule has 80 valence electrons. The summed E-state index contributed by atoms with van der Waals surface area (Å²) in [6.07, 6.45) is 7.94. The molecule has 2 aromatic rings. The van der Waals surface area contributed by atoms with E-state index in [2.05, 4.69) is 60.7 Å². The summed E-state index contributed by atoms with van der Waals surface area (Å²) in [5.74, 6) is 0. The van der Waals surface area contributed by atoms with E-state index in [1.54, 1.807) is 0 Å². The molecule has 0 heteroatoms. The van der Waals surface area contributed by atoms with Crippen LogP contribution in [-0.2, 0) is 0 Å². The Kier molecular flexibility index (Phi) is 1.70. The Morgan fingerprint density at radius 1 is 0.824 bits per heavy atom. The number of hydrogen-bond acceptors (Lipinski definition) is 0. The van der Waals surface area contributed by atoms with E-state index in [1.165, 1.54) is 33.1 Å². The molecule has 0 N–H and O–H groups in total. The quantitative estimate of drug-likeness (QED) is 0.658. The number of hydrogen-bond donors (Lipinski definition) is 0. The first-order valence-corrected chi connectivity index (χ1v) is 6.02. The molecule has 2 aromatic carbocycles. The van der Waals surface area contributed by atoms with Crippen LogP contribution in [0.2, 0.25) is 0 Å². The normalized spacial score (nSPS) is 17.1. The molecule has 0 aliphatic heterocycles. The lowest BCUT2D eigenvalue weighted by molar-refractivity contribution is 1.32. The highest BCUT2D eigenvalue weighted by molar-refractivity contribution is 5.99. The number of fused-ring (bicyclic) bond motifs is 3.